The molecule has 0 fully saturated rings. The highest BCUT2D eigenvalue weighted by Crippen LogP contribution is 2.46. The monoisotopic (exact) mass is 371 g/mol. The third-order valence-electron chi connectivity index (χ3n) is 4.93. The van der Waals surface area contributed by atoms with Gasteiger partial charge in [-0.15, -0.1) is 0 Å². The van der Waals surface area contributed by atoms with E-state index in [9.17, 15) is 9.59 Å². The van der Waals surface area contributed by atoms with Crippen molar-refractivity contribution >= 4 is 17.4 Å². The first-order valence-electron chi connectivity index (χ1n) is 8.93. The maximum atomic E-state index is 13.2. The Labute approximate surface area is 162 Å². The molecule has 0 saturated heterocycles. The van der Waals surface area contributed by atoms with Crippen LogP contribution in [0.2, 0.25) is 0 Å². The van der Waals surface area contributed by atoms with Crippen LogP contribution in [0.3, 0.4) is 0 Å². The molecule has 1 atom stereocenters. The third-order valence-corrected chi connectivity index (χ3v) is 4.93. The molecule has 6 nitrogen and oxygen atoms in total. The number of benzene rings is 1. The number of dihydropyridines is 1. The number of carbonyl (C=O) groups is 2. The van der Waals surface area contributed by atoms with Gasteiger partial charge in [-0.25, -0.2) is 4.79 Å². The number of hydrogen-bond acceptors (Lipinski definition) is 6. The summed E-state index contributed by atoms with van der Waals surface area (Å²) in [6, 6.07) is 13.0. The fourth-order valence-electron chi connectivity index (χ4n) is 3.75. The van der Waals surface area contributed by atoms with Gasteiger partial charge in [0.15, 0.2) is 5.78 Å². The summed E-state index contributed by atoms with van der Waals surface area (Å²) in [5.41, 5.74) is 4.41. The molecule has 1 aromatic heterocycles. The number of Topliss-reactive ketones (excluding diaryl/α,β-unsaturated/α-hetero) is 1. The summed E-state index contributed by atoms with van der Waals surface area (Å²) in [4.78, 5) is 30.2. The first-order valence-corrected chi connectivity index (χ1v) is 8.93. The van der Waals surface area contributed by atoms with Crippen molar-refractivity contribution in [1.82, 2.24) is 10.3 Å². The largest absolute Gasteiger partial charge is 0.461 e. The first kappa shape index (κ1) is 17.7. The second-order valence-electron chi connectivity index (χ2n) is 6.59. The van der Waals surface area contributed by atoms with Crippen molar-refractivity contribution in [3.63, 3.8) is 0 Å². The van der Waals surface area contributed by atoms with E-state index < -0.39 is 11.9 Å². The molecule has 1 N–H and O–H groups in total. The molecule has 1 aliphatic carbocycles. The van der Waals surface area contributed by atoms with Gasteiger partial charge in [0, 0.05) is 34.8 Å². The number of rotatable bonds is 4. The Morgan fingerprint density at radius 3 is 2.75 bits per heavy atom. The lowest BCUT2D eigenvalue weighted by atomic mass is 9.80. The average molecular weight is 371 g/mol. The van der Waals surface area contributed by atoms with E-state index in [1.165, 1.54) is 0 Å². The van der Waals surface area contributed by atoms with Crippen LogP contribution in [0.25, 0.3) is 5.70 Å². The Bertz CT molecular complexity index is 1080. The fourth-order valence-corrected chi connectivity index (χ4v) is 3.75. The van der Waals surface area contributed by atoms with Crippen LogP contribution in [0.5, 0.6) is 0 Å². The minimum absolute atomic E-state index is 0.00590. The maximum Gasteiger partial charge on any atom is 0.336 e. The van der Waals surface area contributed by atoms with E-state index in [4.69, 9.17) is 10.00 Å². The Morgan fingerprint density at radius 2 is 2.04 bits per heavy atom. The van der Waals surface area contributed by atoms with Crippen LogP contribution in [0.4, 0.5) is 0 Å². The van der Waals surface area contributed by atoms with E-state index >= 15 is 0 Å². The number of allylic oxidation sites excluding steroid dienone is 2. The smallest absolute Gasteiger partial charge is 0.336 e. The predicted molar refractivity (Wildman–Crippen MR) is 102 cm³/mol. The van der Waals surface area contributed by atoms with E-state index in [2.05, 4.69) is 10.3 Å². The van der Waals surface area contributed by atoms with Crippen LogP contribution in [0, 0.1) is 11.3 Å². The van der Waals surface area contributed by atoms with Crippen LogP contribution in [0.1, 0.15) is 40.7 Å². The number of pyridine rings is 1. The van der Waals surface area contributed by atoms with Gasteiger partial charge in [0.2, 0.25) is 0 Å². The molecule has 1 aliphatic heterocycles. The molecule has 0 spiro atoms. The van der Waals surface area contributed by atoms with Crippen molar-refractivity contribution in [2.45, 2.75) is 19.3 Å². The van der Waals surface area contributed by atoms with Crippen molar-refractivity contribution in [2.75, 3.05) is 6.61 Å². The number of aromatic nitrogens is 1. The number of nitrogens with one attached hydrogen (secondary N) is 1. The Morgan fingerprint density at radius 1 is 1.25 bits per heavy atom. The van der Waals surface area contributed by atoms with Gasteiger partial charge in [0.1, 0.15) is 6.61 Å². The van der Waals surface area contributed by atoms with Crippen LogP contribution in [-0.2, 0) is 9.53 Å². The second kappa shape index (κ2) is 7.12. The van der Waals surface area contributed by atoms with Gasteiger partial charge >= 0.3 is 5.97 Å². The summed E-state index contributed by atoms with van der Waals surface area (Å²) in [7, 11) is 0. The van der Waals surface area contributed by atoms with Crippen LogP contribution in [0.15, 0.2) is 65.6 Å². The normalized spacial score (nSPS) is 17.6. The van der Waals surface area contributed by atoms with E-state index in [1.54, 1.807) is 31.5 Å². The number of nitrogens with zero attached hydrogens (tertiary/aromatic N) is 2. The third kappa shape index (κ3) is 2.78. The molecular formula is C22H17N3O3. The summed E-state index contributed by atoms with van der Waals surface area (Å²) < 4.78 is 5.29. The average Bonchev–Trinajstić information content (AvgIpc) is 3.00. The van der Waals surface area contributed by atoms with Crippen molar-refractivity contribution in [1.29, 1.82) is 5.26 Å². The number of fused-ring (bicyclic) bond motifs is 2. The van der Waals surface area contributed by atoms with Gasteiger partial charge in [-0.1, -0.05) is 30.3 Å². The quantitative estimate of drug-likeness (QED) is 0.656. The zero-order valence-electron chi connectivity index (χ0n) is 15.2. The molecule has 1 aromatic carbocycles. The minimum Gasteiger partial charge on any atom is -0.461 e. The standard InChI is InChI=1S/C22H17N3O3/c1-13-17(22(27)28-11-5-9-23)18(14-6-4-10-24-12-14)19-20(25-13)15-7-2-3-8-16(15)21(19)26/h2-4,6-8,10,12,18,25H,5,11H2,1H3/t18-/m1/s1. The number of ketones is 1. The molecule has 6 heteroatoms. The highest BCUT2D eigenvalue weighted by molar-refractivity contribution is 6.23. The molecule has 4 rings (SSSR count). The first-order chi connectivity index (χ1) is 13.6. The molecule has 0 radical (unpaired) electrons. The van der Waals surface area contributed by atoms with Crippen LogP contribution in [-0.4, -0.2) is 23.3 Å². The lowest BCUT2D eigenvalue weighted by Gasteiger charge is -2.29. The Hall–Kier alpha value is -3.72. The van der Waals surface area contributed by atoms with Gasteiger partial charge in [-0.3, -0.25) is 9.78 Å². The van der Waals surface area contributed by atoms with Crippen molar-refractivity contribution in [3.05, 3.63) is 82.3 Å². The van der Waals surface area contributed by atoms with Crippen molar-refractivity contribution in [3.8, 4) is 6.07 Å². The Balaban J connectivity index is 1.84. The van der Waals surface area contributed by atoms with E-state index in [-0.39, 0.29) is 18.8 Å². The van der Waals surface area contributed by atoms with Gasteiger partial charge in [0.05, 0.1) is 29.7 Å². The van der Waals surface area contributed by atoms with E-state index in [0.717, 1.165) is 16.8 Å². The molecule has 0 amide bonds. The van der Waals surface area contributed by atoms with Gasteiger partial charge in [0.25, 0.3) is 0 Å². The minimum atomic E-state index is -0.584. The summed E-state index contributed by atoms with van der Waals surface area (Å²) in [6.07, 6.45) is 3.42. The number of hydrogen-bond donors (Lipinski definition) is 1. The Kier molecular flexibility index (Phi) is 4.50. The highest BCUT2D eigenvalue weighted by atomic mass is 16.5. The molecule has 0 saturated carbocycles. The SMILES string of the molecule is CC1=C(C(=O)OCCC#N)[C@@H](c2cccnc2)C2=C(N1)c1ccccc1C2=O. The fraction of sp³-hybridized carbons (Fsp3) is 0.182. The summed E-state index contributed by atoms with van der Waals surface area (Å²) >= 11 is 0. The van der Waals surface area contributed by atoms with E-state index in [0.29, 0.717) is 22.4 Å². The zero-order valence-corrected chi connectivity index (χ0v) is 15.2. The van der Waals surface area contributed by atoms with Gasteiger partial charge in [-0.05, 0) is 18.6 Å². The summed E-state index contributed by atoms with van der Waals surface area (Å²) in [5, 5.41) is 11.9. The molecule has 28 heavy (non-hydrogen) atoms. The van der Waals surface area contributed by atoms with E-state index in [1.807, 2.05) is 30.3 Å². The van der Waals surface area contributed by atoms with Gasteiger partial charge in [-0.2, -0.15) is 5.26 Å². The van der Waals surface area contributed by atoms with Gasteiger partial charge < -0.3 is 10.1 Å². The lowest BCUT2D eigenvalue weighted by Crippen LogP contribution is -2.29. The number of carbonyl (C=O) groups excluding carboxylic acids is 2. The molecule has 2 aromatic rings. The number of nitriles is 1. The predicted octanol–water partition coefficient (Wildman–Crippen LogP) is 3.11. The highest BCUT2D eigenvalue weighted by Gasteiger charge is 2.42. The maximum absolute atomic E-state index is 13.2. The van der Waals surface area contributed by atoms with Crippen molar-refractivity contribution < 1.29 is 14.3 Å². The molecule has 2 aliphatic rings. The molecule has 0 unspecified atom stereocenters. The summed E-state index contributed by atoms with van der Waals surface area (Å²) in [5.74, 6) is -1.23. The lowest BCUT2D eigenvalue weighted by molar-refractivity contribution is -0.139. The second-order valence-corrected chi connectivity index (χ2v) is 6.59. The number of ether oxygens (including phenoxy) is 1. The topological polar surface area (TPSA) is 92.1 Å². The zero-order chi connectivity index (χ0) is 19.7. The van der Waals surface area contributed by atoms with Crippen molar-refractivity contribution in [2.24, 2.45) is 0 Å². The van der Waals surface area contributed by atoms with Crippen LogP contribution >= 0.6 is 0 Å². The molecular weight excluding hydrogens is 354 g/mol. The summed E-state index contributed by atoms with van der Waals surface area (Å²) in [6.45, 7) is 1.80. The van der Waals surface area contributed by atoms with Crippen LogP contribution < -0.4 is 5.32 Å². The number of esters is 1. The molecule has 138 valence electrons. The molecule has 2 heterocycles. The molecule has 0 bridgehead atoms.